The van der Waals surface area contributed by atoms with Gasteiger partial charge in [0.05, 0.1) is 6.54 Å². The van der Waals surface area contributed by atoms with Crippen LogP contribution in [0.25, 0.3) is 0 Å². The summed E-state index contributed by atoms with van der Waals surface area (Å²) in [6, 6.07) is 1.69. The average Bonchev–Trinajstić information content (AvgIpc) is 2.23. The minimum atomic E-state index is -0.496. The third-order valence-electron chi connectivity index (χ3n) is 1.52. The Labute approximate surface area is 101 Å². The number of ether oxygens (including phenoxy) is 1. The third-order valence-corrected chi connectivity index (χ3v) is 1.52. The third kappa shape index (κ3) is 6.15. The van der Waals surface area contributed by atoms with E-state index in [2.05, 4.69) is 27.1 Å². The zero-order valence-corrected chi connectivity index (χ0v) is 10.2. The van der Waals surface area contributed by atoms with Crippen molar-refractivity contribution in [2.24, 2.45) is 0 Å². The molecule has 1 aromatic rings. The Bertz CT molecular complexity index is 427. The number of carbonyl (C=O) groups is 1. The monoisotopic (exact) mass is 233 g/mol. The Morgan fingerprint density at radius 1 is 1.53 bits per heavy atom. The summed E-state index contributed by atoms with van der Waals surface area (Å²) in [5.74, 6) is 5.56. The summed E-state index contributed by atoms with van der Waals surface area (Å²) in [5, 5.41) is 2.53. The summed E-state index contributed by atoms with van der Waals surface area (Å²) in [5.41, 5.74) is 0.121. The highest BCUT2D eigenvalue weighted by atomic mass is 16.6. The molecule has 0 aliphatic heterocycles. The van der Waals surface area contributed by atoms with Crippen LogP contribution in [0.3, 0.4) is 0 Å². The van der Waals surface area contributed by atoms with Gasteiger partial charge in [-0.15, -0.1) is 0 Å². The smallest absolute Gasteiger partial charge is 0.408 e. The van der Waals surface area contributed by atoms with Crippen molar-refractivity contribution in [2.45, 2.75) is 26.4 Å². The summed E-state index contributed by atoms with van der Waals surface area (Å²) in [4.78, 5) is 18.9. The fourth-order valence-corrected chi connectivity index (χ4v) is 0.930. The van der Waals surface area contributed by atoms with Crippen molar-refractivity contribution < 1.29 is 9.53 Å². The molecule has 1 N–H and O–H groups in total. The van der Waals surface area contributed by atoms with Crippen LogP contribution in [-0.2, 0) is 4.74 Å². The number of alkyl carbamates (subject to hydrolysis) is 1. The Kier molecular flexibility index (Phi) is 4.46. The highest BCUT2D eigenvalue weighted by Gasteiger charge is 2.14. The van der Waals surface area contributed by atoms with E-state index in [0.717, 1.165) is 0 Å². The number of rotatable bonds is 1. The van der Waals surface area contributed by atoms with E-state index in [1.807, 2.05) is 0 Å². The van der Waals surface area contributed by atoms with Crippen LogP contribution >= 0.6 is 0 Å². The predicted octanol–water partition coefficient (Wildman–Crippen LogP) is 1.35. The van der Waals surface area contributed by atoms with E-state index in [0.29, 0.717) is 5.69 Å². The van der Waals surface area contributed by atoms with Gasteiger partial charge in [0.2, 0.25) is 0 Å². The fourth-order valence-electron chi connectivity index (χ4n) is 0.930. The molecule has 1 rings (SSSR count). The number of hydrogen-bond donors (Lipinski definition) is 1. The fraction of sp³-hybridized carbons (Fsp3) is 0.417. The highest BCUT2D eigenvalue weighted by molar-refractivity contribution is 5.68. The molecule has 0 atom stereocenters. The molecule has 0 aromatic carbocycles. The molecular weight excluding hydrogens is 218 g/mol. The Balaban J connectivity index is 2.34. The van der Waals surface area contributed by atoms with Gasteiger partial charge in [0, 0.05) is 6.20 Å². The number of amides is 1. The molecule has 1 heterocycles. The minimum Gasteiger partial charge on any atom is -0.444 e. The maximum atomic E-state index is 11.2. The normalized spacial score (nSPS) is 10.1. The van der Waals surface area contributed by atoms with Crippen LogP contribution in [0, 0.1) is 11.8 Å². The van der Waals surface area contributed by atoms with Gasteiger partial charge in [-0.2, -0.15) is 0 Å². The first kappa shape index (κ1) is 13.0. The lowest BCUT2D eigenvalue weighted by Crippen LogP contribution is -2.32. The van der Waals surface area contributed by atoms with E-state index < -0.39 is 11.7 Å². The highest BCUT2D eigenvalue weighted by Crippen LogP contribution is 2.05. The number of hydrogen-bond acceptors (Lipinski definition) is 4. The largest absolute Gasteiger partial charge is 0.444 e. The van der Waals surface area contributed by atoms with E-state index >= 15 is 0 Å². The lowest BCUT2D eigenvalue weighted by molar-refractivity contribution is 0.0535. The maximum Gasteiger partial charge on any atom is 0.408 e. The summed E-state index contributed by atoms with van der Waals surface area (Å²) in [6.45, 7) is 5.64. The number of nitrogens with one attached hydrogen (secondary N) is 1. The van der Waals surface area contributed by atoms with Crippen molar-refractivity contribution in [1.29, 1.82) is 0 Å². The molecule has 0 aliphatic rings. The number of nitrogens with zero attached hydrogens (tertiary/aromatic N) is 2. The van der Waals surface area contributed by atoms with E-state index in [9.17, 15) is 4.79 Å². The molecule has 0 fully saturated rings. The Morgan fingerprint density at radius 2 is 2.29 bits per heavy atom. The van der Waals surface area contributed by atoms with Gasteiger partial charge >= 0.3 is 6.09 Å². The quantitative estimate of drug-likeness (QED) is 0.744. The van der Waals surface area contributed by atoms with Crippen LogP contribution in [0.5, 0.6) is 0 Å². The topological polar surface area (TPSA) is 64.1 Å². The molecule has 17 heavy (non-hydrogen) atoms. The van der Waals surface area contributed by atoms with Crippen molar-refractivity contribution >= 4 is 6.09 Å². The standard InChI is InChI=1S/C12H15N3O2/c1-12(2,3)17-11(16)14-7-4-5-10-6-8-13-9-15-10/h6,8-9H,7H2,1-3H3,(H,14,16). The van der Waals surface area contributed by atoms with Gasteiger partial charge in [-0.1, -0.05) is 5.92 Å². The van der Waals surface area contributed by atoms with Gasteiger partial charge in [0.1, 0.15) is 17.6 Å². The van der Waals surface area contributed by atoms with Crippen molar-refractivity contribution in [3.8, 4) is 11.8 Å². The van der Waals surface area contributed by atoms with Gasteiger partial charge in [0.15, 0.2) is 0 Å². The van der Waals surface area contributed by atoms with Crippen molar-refractivity contribution in [3.63, 3.8) is 0 Å². The summed E-state index contributed by atoms with van der Waals surface area (Å²) in [6.07, 6.45) is 2.55. The molecule has 0 spiro atoms. The minimum absolute atomic E-state index is 0.221. The lowest BCUT2D eigenvalue weighted by Gasteiger charge is -2.18. The SMILES string of the molecule is CC(C)(C)OC(=O)NCC#Cc1ccncn1. The predicted molar refractivity (Wildman–Crippen MR) is 63.1 cm³/mol. The zero-order chi connectivity index (χ0) is 12.7. The van der Waals surface area contributed by atoms with Gasteiger partial charge < -0.3 is 10.1 Å². The van der Waals surface area contributed by atoms with Crippen LogP contribution in [-0.4, -0.2) is 28.2 Å². The van der Waals surface area contributed by atoms with Gasteiger partial charge in [-0.05, 0) is 32.8 Å². The molecule has 0 radical (unpaired) electrons. The maximum absolute atomic E-state index is 11.2. The van der Waals surface area contributed by atoms with Crippen molar-refractivity contribution in [3.05, 3.63) is 24.3 Å². The second-order valence-corrected chi connectivity index (χ2v) is 4.25. The van der Waals surface area contributed by atoms with Gasteiger partial charge in [-0.3, -0.25) is 0 Å². The lowest BCUT2D eigenvalue weighted by atomic mass is 10.2. The van der Waals surface area contributed by atoms with Gasteiger partial charge in [0.25, 0.3) is 0 Å². The molecule has 1 aromatic heterocycles. The molecule has 1 amide bonds. The Hall–Kier alpha value is -2.09. The molecule has 90 valence electrons. The molecule has 0 saturated heterocycles. The molecule has 0 bridgehead atoms. The van der Waals surface area contributed by atoms with E-state index in [-0.39, 0.29) is 6.54 Å². The van der Waals surface area contributed by atoms with Crippen LogP contribution in [0.2, 0.25) is 0 Å². The van der Waals surface area contributed by atoms with Crippen LogP contribution in [0.15, 0.2) is 18.6 Å². The molecule has 0 aliphatic carbocycles. The first-order valence-corrected chi connectivity index (χ1v) is 5.19. The summed E-state index contributed by atoms with van der Waals surface area (Å²) in [7, 11) is 0. The zero-order valence-electron chi connectivity index (χ0n) is 10.2. The van der Waals surface area contributed by atoms with E-state index in [1.54, 1.807) is 33.0 Å². The molecule has 5 heteroatoms. The second-order valence-electron chi connectivity index (χ2n) is 4.25. The van der Waals surface area contributed by atoms with Crippen LogP contribution < -0.4 is 5.32 Å². The van der Waals surface area contributed by atoms with Crippen LogP contribution in [0.4, 0.5) is 4.79 Å². The number of carbonyl (C=O) groups excluding carboxylic acids is 1. The first-order valence-electron chi connectivity index (χ1n) is 5.19. The Morgan fingerprint density at radius 3 is 2.88 bits per heavy atom. The van der Waals surface area contributed by atoms with Crippen LogP contribution in [0.1, 0.15) is 26.5 Å². The first-order chi connectivity index (χ1) is 7.97. The summed E-state index contributed by atoms with van der Waals surface area (Å²) >= 11 is 0. The summed E-state index contributed by atoms with van der Waals surface area (Å²) < 4.78 is 5.05. The molecule has 0 unspecified atom stereocenters. The van der Waals surface area contributed by atoms with Crippen molar-refractivity contribution in [2.75, 3.05) is 6.54 Å². The molecule has 5 nitrogen and oxygen atoms in total. The number of aromatic nitrogens is 2. The van der Waals surface area contributed by atoms with Crippen molar-refractivity contribution in [1.82, 2.24) is 15.3 Å². The second kappa shape index (κ2) is 5.85. The van der Waals surface area contributed by atoms with Gasteiger partial charge in [-0.25, -0.2) is 14.8 Å². The molecule has 0 saturated carbocycles. The van der Waals surface area contributed by atoms with E-state index in [1.165, 1.54) is 6.33 Å². The van der Waals surface area contributed by atoms with E-state index in [4.69, 9.17) is 4.74 Å². The average molecular weight is 233 g/mol. The molecular formula is C12H15N3O2.